The molecule has 1 aromatic rings. The molecule has 0 aliphatic carbocycles. The highest BCUT2D eigenvalue weighted by Gasteiger charge is 2.13. The van der Waals surface area contributed by atoms with Crippen LogP contribution in [0.25, 0.3) is 0 Å². The summed E-state index contributed by atoms with van der Waals surface area (Å²) < 4.78 is 15.6. The third-order valence-corrected chi connectivity index (χ3v) is 2.66. The van der Waals surface area contributed by atoms with E-state index in [0.717, 1.165) is 17.2 Å². The van der Waals surface area contributed by atoms with Gasteiger partial charge in [0.05, 0.1) is 13.5 Å². The zero-order chi connectivity index (χ0) is 13.0. The Morgan fingerprint density at radius 3 is 2.83 bits per heavy atom. The molecule has 0 amide bonds. The third-order valence-electron chi connectivity index (χ3n) is 2.66. The second-order valence-electron chi connectivity index (χ2n) is 4.18. The van der Waals surface area contributed by atoms with Gasteiger partial charge < -0.3 is 19.5 Å². The molecule has 0 unspecified atom stereocenters. The molecule has 1 heterocycles. The quantitative estimate of drug-likeness (QED) is 0.827. The fourth-order valence-electron chi connectivity index (χ4n) is 1.80. The maximum atomic E-state index is 11.1. The van der Waals surface area contributed by atoms with Gasteiger partial charge in [-0.1, -0.05) is 0 Å². The highest BCUT2D eigenvalue weighted by atomic mass is 16.6. The molecule has 1 aromatic carbocycles. The van der Waals surface area contributed by atoms with Gasteiger partial charge in [0.1, 0.15) is 13.2 Å². The molecule has 0 saturated carbocycles. The minimum atomic E-state index is -0.229. The summed E-state index contributed by atoms with van der Waals surface area (Å²) >= 11 is 0. The van der Waals surface area contributed by atoms with E-state index in [1.54, 1.807) is 0 Å². The minimum absolute atomic E-state index is 0.00000827. The lowest BCUT2D eigenvalue weighted by atomic mass is 10.2. The molecule has 1 atom stereocenters. The van der Waals surface area contributed by atoms with Crippen molar-refractivity contribution in [2.75, 3.05) is 25.6 Å². The molecule has 5 nitrogen and oxygen atoms in total. The van der Waals surface area contributed by atoms with E-state index in [4.69, 9.17) is 9.47 Å². The molecule has 0 aromatic heterocycles. The van der Waals surface area contributed by atoms with Gasteiger partial charge in [-0.2, -0.15) is 0 Å². The number of methoxy groups -OCH3 is 1. The predicted octanol–water partition coefficient (Wildman–Crippen LogP) is 1.82. The van der Waals surface area contributed by atoms with E-state index in [2.05, 4.69) is 10.1 Å². The molecule has 1 N–H and O–H groups in total. The first kappa shape index (κ1) is 12.5. The molecule has 98 valence electrons. The molecular weight excluding hydrogens is 234 g/mol. The Bertz CT molecular complexity index is 433. The average molecular weight is 251 g/mol. The van der Waals surface area contributed by atoms with Gasteiger partial charge in [-0.3, -0.25) is 4.79 Å². The lowest BCUT2D eigenvalue weighted by molar-refractivity contribution is -0.140. The van der Waals surface area contributed by atoms with Crippen molar-refractivity contribution in [1.82, 2.24) is 0 Å². The zero-order valence-corrected chi connectivity index (χ0v) is 10.6. The summed E-state index contributed by atoms with van der Waals surface area (Å²) in [7, 11) is 1.39. The number of carbonyl (C=O) groups excluding carboxylic acids is 1. The molecule has 18 heavy (non-hydrogen) atoms. The summed E-state index contributed by atoms with van der Waals surface area (Å²) in [5, 5.41) is 3.22. The van der Waals surface area contributed by atoms with Gasteiger partial charge in [0.2, 0.25) is 0 Å². The van der Waals surface area contributed by atoms with Crippen molar-refractivity contribution in [2.24, 2.45) is 0 Å². The van der Waals surface area contributed by atoms with Crippen LogP contribution >= 0.6 is 0 Å². The van der Waals surface area contributed by atoms with Gasteiger partial charge in [0, 0.05) is 17.8 Å². The van der Waals surface area contributed by atoms with Crippen molar-refractivity contribution in [1.29, 1.82) is 0 Å². The molecule has 0 radical (unpaired) electrons. The Labute approximate surface area is 106 Å². The standard InChI is InChI=1S/C13H17NO4/c1-9(7-13(15)16-2)14-10-3-4-11-12(8-10)18-6-5-17-11/h3-4,8-9,14H,5-7H2,1-2H3/t9-/m0/s1. The van der Waals surface area contributed by atoms with Crippen LogP contribution in [0.4, 0.5) is 5.69 Å². The highest BCUT2D eigenvalue weighted by molar-refractivity contribution is 5.70. The van der Waals surface area contributed by atoms with Crippen molar-refractivity contribution in [2.45, 2.75) is 19.4 Å². The lowest BCUT2D eigenvalue weighted by Gasteiger charge is -2.20. The fourth-order valence-corrected chi connectivity index (χ4v) is 1.80. The number of fused-ring (bicyclic) bond motifs is 1. The Hall–Kier alpha value is -1.91. The summed E-state index contributed by atoms with van der Waals surface area (Å²) in [5.74, 6) is 1.26. The van der Waals surface area contributed by atoms with Crippen LogP contribution in [0.3, 0.4) is 0 Å². The summed E-state index contributed by atoms with van der Waals surface area (Å²) in [4.78, 5) is 11.1. The molecule has 0 fully saturated rings. The van der Waals surface area contributed by atoms with Crippen molar-refractivity contribution in [3.8, 4) is 11.5 Å². The van der Waals surface area contributed by atoms with Crippen LogP contribution in [0.5, 0.6) is 11.5 Å². The number of hydrogen-bond donors (Lipinski definition) is 1. The number of carbonyl (C=O) groups is 1. The second-order valence-corrected chi connectivity index (χ2v) is 4.18. The molecule has 1 aliphatic heterocycles. The number of rotatable bonds is 4. The first-order chi connectivity index (χ1) is 8.69. The van der Waals surface area contributed by atoms with Crippen LogP contribution in [-0.2, 0) is 9.53 Å². The topological polar surface area (TPSA) is 56.8 Å². The van der Waals surface area contributed by atoms with E-state index in [0.29, 0.717) is 19.6 Å². The molecule has 5 heteroatoms. The first-order valence-electron chi connectivity index (χ1n) is 5.92. The van der Waals surface area contributed by atoms with Crippen LogP contribution in [0.2, 0.25) is 0 Å². The first-order valence-corrected chi connectivity index (χ1v) is 5.92. The predicted molar refractivity (Wildman–Crippen MR) is 67.1 cm³/mol. The Morgan fingerprint density at radius 1 is 1.39 bits per heavy atom. The monoisotopic (exact) mass is 251 g/mol. The van der Waals surface area contributed by atoms with Crippen LogP contribution in [0.15, 0.2) is 18.2 Å². The number of hydrogen-bond acceptors (Lipinski definition) is 5. The molecular formula is C13H17NO4. The lowest BCUT2D eigenvalue weighted by Crippen LogP contribution is -2.21. The SMILES string of the molecule is COC(=O)C[C@H](C)Nc1ccc2c(c1)OCCO2. The van der Waals surface area contributed by atoms with E-state index in [-0.39, 0.29) is 12.0 Å². The number of esters is 1. The minimum Gasteiger partial charge on any atom is -0.486 e. The molecule has 0 bridgehead atoms. The van der Waals surface area contributed by atoms with E-state index >= 15 is 0 Å². The van der Waals surface area contributed by atoms with Gasteiger partial charge >= 0.3 is 5.97 Å². The summed E-state index contributed by atoms with van der Waals surface area (Å²) in [5.41, 5.74) is 0.899. The third kappa shape index (κ3) is 3.06. The van der Waals surface area contributed by atoms with Crippen molar-refractivity contribution < 1.29 is 19.0 Å². The van der Waals surface area contributed by atoms with Gasteiger partial charge in [-0.25, -0.2) is 0 Å². The van der Waals surface area contributed by atoms with Gasteiger partial charge in [-0.05, 0) is 19.1 Å². The number of ether oxygens (including phenoxy) is 3. The smallest absolute Gasteiger partial charge is 0.307 e. The van der Waals surface area contributed by atoms with Crippen molar-refractivity contribution in [3.05, 3.63) is 18.2 Å². The number of benzene rings is 1. The van der Waals surface area contributed by atoms with Crippen molar-refractivity contribution >= 4 is 11.7 Å². The average Bonchev–Trinajstić information content (AvgIpc) is 2.38. The Morgan fingerprint density at radius 2 is 2.11 bits per heavy atom. The molecule has 0 saturated heterocycles. The largest absolute Gasteiger partial charge is 0.486 e. The Kier molecular flexibility index (Phi) is 3.92. The van der Waals surface area contributed by atoms with E-state index in [1.165, 1.54) is 7.11 Å². The maximum absolute atomic E-state index is 11.1. The van der Waals surface area contributed by atoms with E-state index in [9.17, 15) is 4.79 Å². The molecule has 0 spiro atoms. The highest BCUT2D eigenvalue weighted by Crippen LogP contribution is 2.32. The van der Waals surface area contributed by atoms with Gasteiger partial charge in [0.15, 0.2) is 11.5 Å². The van der Waals surface area contributed by atoms with Crippen LogP contribution in [0.1, 0.15) is 13.3 Å². The molecule has 1 aliphatic rings. The van der Waals surface area contributed by atoms with Gasteiger partial charge in [0.25, 0.3) is 0 Å². The maximum Gasteiger partial charge on any atom is 0.307 e. The number of anilines is 1. The fraction of sp³-hybridized carbons (Fsp3) is 0.462. The van der Waals surface area contributed by atoms with E-state index < -0.39 is 0 Å². The van der Waals surface area contributed by atoms with E-state index in [1.807, 2.05) is 25.1 Å². The van der Waals surface area contributed by atoms with Crippen LogP contribution < -0.4 is 14.8 Å². The van der Waals surface area contributed by atoms with Crippen LogP contribution in [0, 0.1) is 0 Å². The second kappa shape index (κ2) is 5.62. The summed E-state index contributed by atoms with van der Waals surface area (Å²) in [6.07, 6.45) is 0.324. The summed E-state index contributed by atoms with van der Waals surface area (Å²) in [6, 6.07) is 5.64. The van der Waals surface area contributed by atoms with Crippen molar-refractivity contribution in [3.63, 3.8) is 0 Å². The van der Waals surface area contributed by atoms with Gasteiger partial charge in [-0.15, -0.1) is 0 Å². The normalized spacial score (nSPS) is 14.8. The Balaban J connectivity index is 1.99. The summed E-state index contributed by atoms with van der Waals surface area (Å²) in [6.45, 7) is 3.07. The zero-order valence-electron chi connectivity index (χ0n) is 10.6. The molecule has 2 rings (SSSR count). The number of nitrogens with one attached hydrogen (secondary N) is 1. The van der Waals surface area contributed by atoms with Crippen LogP contribution in [-0.4, -0.2) is 32.3 Å².